The highest BCUT2D eigenvalue weighted by molar-refractivity contribution is 7.12. The lowest BCUT2D eigenvalue weighted by Crippen LogP contribution is -2.08. The van der Waals surface area contributed by atoms with Crippen LogP contribution in [0.4, 0.5) is 0 Å². The molecule has 0 saturated heterocycles. The second kappa shape index (κ2) is 5.13. The van der Waals surface area contributed by atoms with Crippen molar-refractivity contribution in [2.24, 2.45) is 0 Å². The molecule has 0 aliphatic carbocycles. The van der Waals surface area contributed by atoms with Crippen molar-refractivity contribution in [2.75, 3.05) is 0 Å². The number of aliphatic hydroxyl groups is 1. The summed E-state index contributed by atoms with van der Waals surface area (Å²) in [6.07, 6.45) is 3.65. The van der Waals surface area contributed by atoms with Gasteiger partial charge in [-0.25, -0.2) is 4.98 Å². The Hall–Kier alpha value is -1.64. The zero-order valence-electron chi connectivity index (χ0n) is 9.50. The van der Waals surface area contributed by atoms with Crippen molar-refractivity contribution in [1.82, 2.24) is 9.55 Å². The van der Waals surface area contributed by atoms with E-state index in [2.05, 4.69) is 11.1 Å². The van der Waals surface area contributed by atoms with Gasteiger partial charge < -0.3 is 9.67 Å². The molecule has 1 atom stereocenters. The van der Waals surface area contributed by atoms with Gasteiger partial charge in [-0.05, 0) is 18.6 Å². The molecule has 2 aromatic rings. The maximum Gasteiger partial charge on any atom is 0.137 e. The number of thiophene rings is 1. The van der Waals surface area contributed by atoms with Crippen molar-refractivity contribution < 1.29 is 5.11 Å². The SMILES string of the molecule is CCC(O)c1nccn1Cc1ccc(C#N)s1. The van der Waals surface area contributed by atoms with Crippen LogP contribution in [0.1, 0.15) is 35.0 Å². The molecule has 0 aromatic carbocycles. The van der Waals surface area contributed by atoms with Crippen molar-refractivity contribution in [3.8, 4) is 6.07 Å². The predicted molar refractivity (Wildman–Crippen MR) is 65.6 cm³/mol. The molecule has 2 aromatic heterocycles. The molecule has 0 spiro atoms. The van der Waals surface area contributed by atoms with Gasteiger partial charge in [0.1, 0.15) is 22.9 Å². The highest BCUT2D eigenvalue weighted by Gasteiger charge is 2.12. The molecule has 0 aliphatic heterocycles. The molecular weight excluding hydrogens is 234 g/mol. The molecule has 0 radical (unpaired) electrons. The number of imidazole rings is 1. The van der Waals surface area contributed by atoms with Crippen molar-refractivity contribution in [2.45, 2.75) is 26.0 Å². The first-order valence-electron chi connectivity index (χ1n) is 5.42. The minimum Gasteiger partial charge on any atom is -0.385 e. The van der Waals surface area contributed by atoms with E-state index in [1.807, 2.05) is 29.8 Å². The molecule has 1 unspecified atom stereocenters. The fourth-order valence-corrected chi connectivity index (χ4v) is 2.43. The third-order valence-corrected chi connectivity index (χ3v) is 3.51. The van der Waals surface area contributed by atoms with Gasteiger partial charge in [0.25, 0.3) is 0 Å². The van der Waals surface area contributed by atoms with Crippen molar-refractivity contribution in [1.29, 1.82) is 5.26 Å². The van der Waals surface area contributed by atoms with Crippen LogP contribution >= 0.6 is 11.3 Å². The van der Waals surface area contributed by atoms with Gasteiger partial charge in [0, 0.05) is 17.3 Å². The average molecular weight is 247 g/mol. The Kier molecular flexibility index (Phi) is 3.57. The molecule has 2 heterocycles. The van der Waals surface area contributed by atoms with Crippen LogP contribution in [-0.4, -0.2) is 14.7 Å². The Labute approximate surface area is 104 Å². The number of nitrogens with zero attached hydrogens (tertiary/aromatic N) is 3. The van der Waals surface area contributed by atoms with Crippen LogP contribution in [0.15, 0.2) is 24.5 Å². The van der Waals surface area contributed by atoms with Crippen molar-refractivity contribution in [3.05, 3.63) is 40.1 Å². The molecule has 0 saturated carbocycles. The molecular formula is C12H13N3OS. The van der Waals surface area contributed by atoms with Crippen LogP contribution < -0.4 is 0 Å². The van der Waals surface area contributed by atoms with E-state index in [1.54, 1.807) is 6.20 Å². The maximum atomic E-state index is 9.80. The summed E-state index contributed by atoms with van der Waals surface area (Å²) in [6, 6.07) is 5.87. The van der Waals surface area contributed by atoms with E-state index < -0.39 is 6.10 Å². The summed E-state index contributed by atoms with van der Waals surface area (Å²) in [6.45, 7) is 2.57. The van der Waals surface area contributed by atoms with Gasteiger partial charge in [0.15, 0.2) is 0 Å². The largest absolute Gasteiger partial charge is 0.385 e. The first-order valence-corrected chi connectivity index (χ1v) is 6.24. The maximum absolute atomic E-state index is 9.80. The number of aliphatic hydroxyl groups excluding tert-OH is 1. The highest BCUT2D eigenvalue weighted by Crippen LogP contribution is 2.20. The minimum atomic E-state index is -0.527. The van der Waals surface area contributed by atoms with E-state index in [-0.39, 0.29) is 0 Å². The Bertz CT molecular complexity index is 538. The number of rotatable bonds is 4. The van der Waals surface area contributed by atoms with Crippen LogP contribution in [0, 0.1) is 11.3 Å². The Morgan fingerprint density at radius 1 is 1.59 bits per heavy atom. The zero-order chi connectivity index (χ0) is 12.3. The average Bonchev–Trinajstić information content (AvgIpc) is 2.97. The molecule has 1 N–H and O–H groups in total. The van der Waals surface area contributed by atoms with Gasteiger partial charge in [-0.3, -0.25) is 0 Å². The smallest absolute Gasteiger partial charge is 0.137 e. The molecule has 5 heteroatoms. The molecule has 0 bridgehead atoms. The van der Waals surface area contributed by atoms with Gasteiger partial charge in [-0.1, -0.05) is 6.92 Å². The molecule has 88 valence electrons. The van der Waals surface area contributed by atoms with Crippen molar-refractivity contribution in [3.63, 3.8) is 0 Å². The summed E-state index contributed by atoms with van der Waals surface area (Å²) >= 11 is 1.47. The van der Waals surface area contributed by atoms with Gasteiger partial charge in [0.05, 0.1) is 6.54 Å². The van der Waals surface area contributed by atoms with Crippen LogP contribution in [0.5, 0.6) is 0 Å². The van der Waals surface area contributed by atoms with E-state index in [4.69, 9.17) is 5.26 Å². The van der Waals surface area contributed by atoms with Crippen LogP contribution in [0.2, 0.25) is 0 Å². The van der Waals surface area contributed by atoms with Crippen LogP contribution in [-0.2, 0) is 6.54 Å². The topological polar surface area (TPSA) is 61.8 Å². The Morgan fingerprint density at radius 2 is 2.41 bits per heavy atom. The van der Waals surface area contributed by atoms with E-state index in [9.17, 15) is 5.11 Å². The van der Waals surface area contributed by atoms with Gasteiger partial charge in [0.2, 0.25) is 0 Å². The first-order chi connectivity index (χ1) is 8.24. The first kappa shape index (κ1) is 11.8. The minimum absolute atomic E-state index is 0.527. The molecule has 17 heavy (non-hydrogen) atoms. The standard InChI is InChI=1S/C12H13N3OS/c1-2-11(16)12-14-5-6-15(12)8-10-4-3-9(7-13)17-10/h3-6,11,16H,2,8H2,1H3. The summed E-state index contributed by atoms with van der Waals surface area (Å²) in [5.74, 6) is 0.680. The van der Waals surface area contributed by atoms with E-state index >= 15 is 0 Å². The number of aromatic nitrogens is 2. The van der Waals surface area contributed by atoms with Gasteiger partial charge in [-0.2, -0.15) is 5.26 Å². The molecule has 0 fully saturated rings. The lowest BCUT2D eigenvalue weighted by atomic mass is 10.2. The quantitative estimate of drug-likeness (QED) is 0.901. The fraction of sp³-hybridized carbons (Fsp3) is 0.333. The third kappa shape index (κ3) is 2.54. The second-order valence-corrected chi connectivity index (χ2v) is 4.88. The molecule has 4 nitrogen and oxygen atoms in total. The highest BCUT2D eigenvalue weighted by atomic mass is 32.1. The lowest BCUT2D eigenvalue weighted by Gasteiger charge is -2.10. The molecule has 0 aliphatic rings. The van der Waals surface area contributed by atoms with Crippen LogP contribution in [0.25, 0.3) is 0 Å². The second-order valence-electron chi connectivity index (χ2n) is 3.72. The number of nitriles is 1. The summed E-state index contributed by atoms with van der Waals surface area (Å²) in [4.78, 5) is 5.96. The normalized spacial score (nSPS) is 12.3. The van der Waals surface area contributed by atoms with Gasteiger partial charge >= 0.3 is 0 Å². The summed E-state index contributed by atoms with van der Waals surface area (Å²) < 4.78 is 1.92. The van der Waals surface area contributed by atoms with E-state index in [0.717, 1.165) is 4.88 Å². The predicted octanol–water partition coefficient (Wildman–Crippen LogP) is 2.31. The lowest BCUT2D eigenvalue weighted by molar-refractivity contribution is 0.159. The molecule has 2 rings (SSSR count). The van der Waals surface area contributed by atoms with Crippen LogP contribution in [0.3, 0.4) is 0 Å². The van der Waals surface area contributed by atoms with Gasteiger partial charge in [-0.15, -0.1) is 11.3 Å². The number of hydrogen-bond donors (Lipinski definition) is 1. The van der Waals surface area contributed by atoms with Crippen molar-refractivity contribution >= 4 is 11.3 Å². The van der Waals surface area contributed by atoms with E-state index in [0.29, 0.717) is 23.7 Å². The zero-order valence-corrected chi connectivity index (χ0v) is 10.3. The monoisotopic (exact) mass is 247 g/mol. The Morgan fingerprint density at radius 3 is 3.06 bits per heavy atom. The fourth-order valence-electron chi connectivity index (χ4n) is 1.63. The summed E-state index contributed by atoms with van der Waals surface area (Å²) in [5.41, 5.74) is 0. The molecule has 0 amide bonds. The van der Waals surface area contributed by atoms with E-state index in [1.165, 1.54) is 11.3 Å². The number of hydrogen-bond acceptors (Lipinski definition) is 4. The summed E-state index contributed by atoms with van der Waals surface area (Å²) in [5, 5.41) is 18.6. The Balaban J connectivity index is 2.19. The third-order valence-electron chi connectivity index (χ3n) is 2.53. The summed E-state index contributed by atoms with van der Waals surface area (Å²) in [7, 11) is 0.